The van der Waals surface area contributed by atoms with Gasteiger partial charge in [-0.2, -0.15) is 0 Å². The number of para-hydroxylation sites is 1. The maximum absolute atomic E-state index is 13.4. The molecule has 0 saturated heterocycles. The number of furan rings is 1. The fourth-order valence-electron chi connectivity index (χ4n) is 4.20. The van der Waals surface area contributed by atoms with E-state index >= 15 is 0 Å². The molecule has 1 aliphatic rings. The maximum atomic E-state index is 13.4. The van der Waals surface area contributed by atoms with Crippen LogP contribution in [0.2, 0.25) is 0 Å². The molecule has 0 radical (unpaired) electrons. The summed E-state index contributed by atoms with van der Waals surface area (Å²) < 4.78 is 43.1. The molecule has 7 heteroatoms. The third-order valence-electron chi connectivity index (χ3n) is 5.52. The predicted molar refractivity (Wildman–Crippen MR) is 109 cm³/mol. The minimum atomic E-state index is -3.38. The number of carbonyl (C=O) groups excluding carboxylic acids is 1. The van der Waals surface area contributed by atoms with Crippen LogP contribution >= 0.6 is 0 Å². The lowest BCUT2D eigenvalue weighted by Gasteiger charge is -2.31. The van der Waals surface area contributed by atoms with Crippen molar-refractivity contribution in [1.82, 2.24) is 5.32 Å². The van der Waals surface area contributed by atoms with Crippen LogP contribution < -0.4 is 5.32 Å². The molecule has 1 heterocycles. The third-order valence-corrected chi connectivity index (χ3v) is 6.33. The Morgan fingerprint density at radius 2 is 1.76 bits per heavy atom. The van der Waals surface area contributed by atoms with Crippen LogP contribution in [0.15, 0.2) is 52.9 Å². The molecule has 1 N–H and O–H groups in total. The molecule has 0 bridgehead atoms. The number of halogens is 1. The summed E-state index contributed by atoms with van der Waals surface area (Å²) in [6.07, 6.45) is 4.47. The van der Waals surface area contributed by atoms with Crippen molar-refractivity contribution in [2.75, 3.05) is 6.26 Å². The highest BCUT2D eigenvalue weighted by Crippen LogP contribution is 2.39. The zero-order valence-corrected chi connectivity index (χ0v) is 16.9. The molecular formula is C22H22FNO4S. The first-order valence-corrected chi connectivity index (χ1v) is 11.6. The van der Waals surface area contributed by atoms with E-state index in [0.29, 0.717) is 16.5 Å². The van der Waals surface area contributed by atoms with Gasteiger partial charge < -0.3 is 9.73 Å². The minimum Gasteiger partial charge on any atom is -0.451 e. The van der Waals surface area contributed by atoms with Gasteiger partial charge in [-0.15, -0.1) is 0 Å². The molecule has 1 saturated carbocycles. The van der Waals surface area contributed by atoms with E-state index in [4.69, 9.17) is 4.42 Å². The van der Waals surface area contributed by atoms with Gasteiger partial charge in [0.1, 0.15) is 11.4 Å². The second kappa shape index (κ2) is 7.30. The molecule has 1 aromatic heterocycles. The lowest BCUT2D eigenvalue weighted by atomic mass is 9.88. The van der Waals surface area contributed by atoms with Crippen LogP contribution in [0.3, 0.4) is 0 Å². The van der Waals surface area contributed by atoms with Gasteiger partial charge in [-0.3, -0.25) is 4.79 Å². The number of nitrogens with one attached hydrogen (secondary N) is 1. The summed E-state index contributed by atoms with van der Waals surface area (Å²) >= 11 is 0. The summed E-state index contributed by atoms with van der Waals surface area (Å²) in [6, 6.07) is 13.2. The van der Waals surface area contributed by atoms with Gasteiger partial charge in [0.2, 0.25) is 0 Å². The Labute approximate surface area is 168 Å². The van der Waals surface area contributed by atoms with E-state index in [-0.39, 0.29) is 17.3 Å². The highest BCUT2D eigenvalue weighted by molar-refractivity contribution is 7.89. The van der Waals surface area contributed by atoms with Crippen LogP contribution in [-0.4, -0.2) is 20.6 Å². The lowest BCUT2D eigenvalue weighted by molar-refractivity contribution is 0.0870. The van der Waals surface area contributed by atoms with Crippen LogP contribution in [0.5, 0.6) is 0 Å². The van der Waals surface area contributed by atoms with Crippen molar-refractivity contribution in [1.29, 1.82) is 0 Å². The van der Waals surface area contributed by atoms with E-state index in [2.05, 4.69) is 5.32 Å². The SMILES string of the molecule is CS(=O)(=O)Cc1c(C(=O)NC2(c3ccc(F)cc3)CCCC2)oc2ccccc12. The van der Waals surface area contributed by atoms with Crippen molar-refractivity contribution < 1.29 is 22.0 Å². The van der Waals surface area contributed by atoms with Gasteiger partial charge in [0.05, 0.1) is 11.3 Å². The summed E-state index contributed by atoms with van der Waals surface area (Å²) in [5.41, 5.74) is 1.06. The van der Waals surface area contributed by atoms with Crippen LogP contribution in [0.25, 0.3) is 11.0 Å². The normalized spacial score (nSPS) is 16.2. The summed E-state index contributed by atoms with van der Waals surface area (Å²) in [6.45, 7) is 0. The van der Waals surface area contributed by atoms with Gasteiger partial charge in [-0.25, -0.2) is 12.8 Å². The predicted octanol–water partition coefficient (Wildman–Crippen LogP) is 4.32. The van der Waals surface area contributed by atoms with Crippen molar-refractivity contribution in [3.8, 4) is 0 Å². The molecule has 152 valence electrons. The number of hydrogen-bond acceptors (Lipinski definition) is 4. The van der Waals surface area contributed by atoms with Crippen molar-refractivity contribution >= 4 is 26.7 Å². The van der Waals surface area contributed by atoms with Gasteiger partial charge in [0.15, 0.2) is 15.6 Å². The number of amides is 1. The zero-order valence-electron chi connectivity index (χ0n) is 16.1. The minimum absolute atomic E-state index is 0.0185. The second-order valence-electron chi connectivity index (χ2n) is 7.73. The summed E-state index contributed by atoms with van der Waals surface area (Å²) in [7, 11) is -3.38. The highest BCUT2D eigenvalue weighted by Gasteiger charge is 2.38. The van der Waals surface area contributed by atoms with Gasteiger partial charge in [-0.05, 0) is 36.6 Å². The van der Waals surface area contributed by atoms with Gasteiger partial charge in [0.25, 0.3) is 5.91 Å². The standard InChI is InChI=1S/C22H22FNO4S/c1-29(26,27)14-18-17-6-2-3-7-19(17)28-20(18)21(25)24-22(12-4-5-13-22)15-8-10-16(23)11-9-15/h2-3,6-11H,4-5,12-14H2,1H3,(H,24,25). The first-order chi connectivity index (χ1) is 13.8. The summed E-state index contributed by atoms with van der Waals surface area (Å²) in [5, 5.41) is 3.70. The van der Waals surface area contributed by atoms with E-state index in [1.54, 1.807) is 36.4 Å². The number of carbonyl (C=O) groups is 1. The molecule has 0 aliphatic heterocycles. The molecule has 29 heavy (non-hydrogen) atoms. The monoisotopic (exact) mass is 415 g/mol. The Morgan fingerprint density at radius 3 is 2.41 bits per heavy atom. The molecule has 5 nitrogen and oxygen atoms in total. The number of rotatable bonds is 5. The van der Waals surface area contributed by atoms with Crippen LogP contribution in [0.4, 0.5) is 4.39 Å². The van der Waals surface area contributed by atoms with Crippen LogP contribution in [0, 0.1) is 5.82 Å². The molecule has 3 aromatic rings. The Bertz CT molecular complexity index is 1160. The van der Waals surface area contributed by atoms with Crippen molar-refractivity contribution in [3.05, 3.63) is 71.2 Å². The molecule has 2 aromatic carbocycles. The number of fused-ring (bicyclic) bond motifs is 1. The second-order valence-corrected chi connectivity index (χ2v) is 9.87. The van der Waals surface area contributed by atoms with Gasteiger partial charge in [0, 0.05) is 17.2 Å². The average Bonchev–Trinajstić information content (AvgIpc) is 3.27. The van der Waals surface area contributed by atoms with E-state index in [1.165, 1.54) is 12.1 Å². The molecular weight excluding hydrogens is 393 g/mol. The molecule has 0 spiro atoms. The quantitative estimate of drug-likeness (QED) is 0.673. The van der Waals surface area contributed by atoms with E-state index in [9.17, 15) is 17.6 Å². The largest absolute Gasteiger partial charge is 0.451 e. The lowest BCUT2D eigenvalue weighted by Crippen LogP contribution is -2.44. The fourth-order valence-corrected chi connectivity index (χ4v) is 5.01. The molecule has 0 atom stereocenters. The van der Waals surface area contributed by atoms with Crippen LogP contribution in [-0.2, 0) is 21.1 Å². The van der Waals surface area contributed by atoms with Gasteiger partial charge in [-0.1, -0.05) is 43.2 Å². The number of sulfone groups is 1. The van der Waals surface area contributed by atoms with E-state index in [1.807, 2.05) is 0 Å². The fraction of sp³-hybridized carbons (Fsp3) is 0.318. The molecule has 1 aliphatic carbocycles. The highest BCUT2D eigenvalue weighted by atomic mass is 32.2. The van der Waals surface area contributed by atoms with Crippen molar-refractivity contribution in [3.63, 3.8) is 0 Å². The summed E-state index contributed by atoms with van der Waals surface area (Å²) in [5.74, 6) is -1.05. The number of hydrogen-bond donors (Lipinski definition) is 1. The van der Waals surface area contributed by atoms with E-state index in [0.717, 1.165) is 37.5 Å². The van der Waals surface area contributed by atoms with E-state index < -0.39 is 21.3 Å². The topological polar surface area (TPSA) is 76.4 Å². The van der Waals surface area contributed by atoms with Crippen molar-refractivity contribution in [2.24, 2.45) is 0 Å². The summed E-state index contributed by atoms with van der Waals surface area (Å²) in [4.78, 5) is 13.2. The Balaban J connectivity index is 1.75. The molecule has 4 rings (SSSR count). The maximum Gasteiger partial charge on any atom is 0.288 e. The van der Waals surface area contributed by atoms with Gasteiger partial charge >= 0.3 is 0 Å². The van der Waals surface area contributed by atoms with Crippen LogP contribution in [0.1, 0.15) is 47.4 Å². The Hall–Kier alpha value is -2.67. The molecule has 1 amide bonds. The van der Waals surface area contributed by atoms with Crippen molar-refractivity contribution in [2.45, 2.75) is 37.0 Å². The third kappa shape index (κ3) is 3.92. The first-order valence-electron chi connectivity index (χ1n) is 9.54. The Morgan fingerprint density at radius 1 is 1.10 bits per heavy atom. The molecule has 1 fully saturated rings. The smallest absolute Gasteiger partial charge is 0.288 e. The molecule has 0 unspecified atom stereocenters. The number of benzene rings is 2. The first kappa shape index (κ1) is 19.6. The average molecular weight is 415 g/mol. The zero-order chi connectivity index (χ0) is 20.6. The Kier molecular flexibility index (Phi) is 4.94.